The van der Waals surface area contributed by atoms with Crippen molar-refractivity contribution in [2.24, 2.45) is 0 Å². The molecule has 3 rings (SSSR count). The molecule has 0 unspecified atom stereocenters. The quantitative estimate of drug-likeness (QED) is 0.498. The Kier molecular flexibility index (Phi) is 6.94. The standard InChI is InChI=1S/C21H23N5O5/c1-28-14-5-6-18(31-4)17(10-14)25-21(27)26-20-11-19(22-12-23-20)24-13-7-15(29-2)9-16(8-13)30-3/h5-12H,1-4H3,(H3,22,23,24,25,26,27). The van der Waals surface area contributed by atoms with E-state index in [9.17, 15) is 4.79 Å². The van der Waals surface area contributed by atoms with E-state index in [4.69, 9.17) is 18.9 Å². The van der Waals surface area contributed by atoms with Crippen LogP contribution in [0.15, 0.2) is 48.8 Å². The summed E-state index contributed by atoms with van der Waals surface area (Å²) in [5.41, 5.74) is 1.15. The van der Waals surface area contributed by atoms with Gasteiger partial charge in [0.15, 0.2) is 0 Å². The molecular weight excluding hydrogens is 402 g/mol. The topological polar surface area (TPSA) is 116 Å². The van der Waals surface area contributed by atoms with Crippen LogP contribution in [0.4, 0.5) is 27.8 Å². The summed E-state index contributed by atoms with van der Waals surface area (Å²) < 4.78 is 21.0. The smallest absolute Gasteiger partial charge is 0.324 e. The lowest BCUT2D eigenvalue weighted by Gasteiger charge is -2.13. The Labute approximate surface area is 179 Å². The minimum absolute atomic E-state index is 0.298. The third-order valence-corrected chi connectivity index (χ3v) is 4.19. The summed E-state index contributed by atoms with van der Waals surface area (Å²) in [6, 6.07) is 11.5. The molecule has 0 atom stereocenters. The van der Waals surface area contributed by atoms with E-state index in [1.807, 2.05) is 0 Å². The zero-order valence-corrected chi connectivity index (χ0v) is 17.6. The molecule has 0 aliphatic heterocycles. The first-order chi connectivity index (χ1) is 15.0. The zero-order valence-electron chi connectivity index (χ0n) is 17.6. The number of anilines is 4. The van der Waals surface area contributed by atoms with Crippen molar-refractivity contribution in [3.63, 3.8) is 0 Å². The molecule has 3 aromatic rings. The fourth-order valence-electron chi connectivity index (χ4n) is 2.70. The molecular formula is C21H23N5O5. The Bertz CT molecular complexity index is 1040. The molecule has 0 bridgehead atoms. The summed E-state index contributed by atoms with van der Waals surface area (Å²) in [5.74, 6) is 3.10. The van der Waals surface area contributed by atoms with Crippen molar-refractivity contribution in [3.05, 3.63) is 48.8 Å². The predicted molar refractivity (Wildman–Crippen MR) is 117 cm³/mol. The first kappa shape index (κ1) is 21.5. The summed E-state index contributed by atoms with van der Waals surface area (Å²) in [7, 11) is 6.20. The summed E-state index contributed by atoms with van der Waals surface area (Å²) >= 11 is 0. The number of nitrogens with zero attached hydrogens (tertiary/aromatic N) is 2. The third kappa shape index (κ3) is 5.66. The van der Waals surface area contributed by atoms with Crippen molar-refractivity contribution < 1.29 is 23.7 Å². The second kappa shape index (κ2) is 10.0. The molecule has 31 heavy (non-hydrogen) atoms. The van der Waals surface area contributed by atoms with Gasteiger partial charge in [-0.1, -0.05) is 0 Å². The molecule has 0 saturated carbocycles. The van der Waals surface area contributed by atoms with Gasteiger partial charge in [-0.15, -0.1) is 0 Å². The van der Waals surface area contributed by atoms with Crippen LogP contribution in [0.1, 0.15) is 0 Å². The van der Waals surface area contributed by atoms with Crippen LogP contribution in [0, 0.1) is 0 Å². The fraction of sp³-hybridized carbons (Fsp3) is 0.190. The second-order valence-electron chi connectivity index (χ2n) is 6.16. The van der Waals surface area contributed by atoms with Crippen LogP contribution < -0.4 is 34.9 Å². The zero-order chi connectivity index (χ0) is 22.2. The van der Waals surface area contributed by atoms with Crippen molar-refractivity contribution in [2.75, 3.05) is 44.4 Å². The minimum Gasteiger partial charge on any atom is -0.497 e. The van der Waals surface area contributed by atoms with E-state index in [0.717, 1.165) is 0 Å². The number of benzene rings is 2. The van der Waals surface area contributed by atoms with Gasteiger partial charge in [0, 0.05) is 36.0 Å². The molecule has 3 N–H and O–H groups in total. The van der Waals surface area contributed by atoms with Gasteiger partial charge in [-0.05, 0) is 12.1 Å². The Morgan fingerprint density at radius 3 is 2.06 bits per heavy atom. The second-order valence-corrected chi connectivity index (χ2v) is 6.16. The van der Waals surface area contributed by atoms with Gasteiger partial charge in [0.05, 0.1) is 34.1 Å². The van der Waals surface area contributed by atoms with Gasteiger partial charge in [0.1, 0.15) is 41.0 Å². The number of ether oxygens (including phenoxy) is 4. The van der Waals surface area contributed by atoms with Gasteiger partial charge >= 0.3 is 6.03 Å². The molecule has 162 valence electrons. The first-order valence-corrected chi connectivity index (χ1v) is 9.16. The number of urea groups is 1. The van der Waals surface area contributed by atoms with Gasteiger partial charge in [0.2, 0.25) is 0 Å². The normalized spacial score (nSPS) is 10.1. The van der Waals surface area contributed by atoms with Gasteiger partial charge < -0.3 is 29.6 Å². The maximum absolute atomic E-state index is 12.5. The molecule has 0 saturated heterocycles. The highest BCUT2D eigenvalue weighted by Gasteiger charge is 2.11. The highest BCUT2D eigenvalue weighted by atomic mass is 16.5. The van der Waals surface area contributed by atoms with Crippen molar-refractivity contribution in [3.8, 4) is 23.0 Å². The van der Waals surface area contributed by atoms with Crippen molar-refractivity contribution in [1.29, 1.82) is 0 Å². The number of hydrogen-bond acceptors (Lipinski definition) is 8. The minimum atomic E-state index is -0.501. The molecule has 10 heteroatoms. The van der Waals surface area contributed by atoms with E-state index in [1.54, 1.807) is 63.8 Å². The average Bonchev–Trinajstić information content (AvgIpc) is 2.78. The molecule has 0 spiro atoms. The summed E-state index contributed by atoms with van der Waals surface area (Å²) in [4.78, 5) is 20.7. The number of nitrogens with one attached hydrogen (secondary N) is 3. The molecule has 10 nitrogen and oxygen atoms in total. The lowest BCUT2D eigenvalue weighted by molar-refractivity contribution is 0.262. The van der Waals surface area contributed by atoms with Crippen LogP contribution in [0.5, 0.6) is 23.0 Å². The summed E-state index contributed by atoms with van der Waals surface area (Å²) in [5, 5.41) is 8.51. The van der Waals surface area contributed by atoms with Gasteiger partial charge in [-0.25, -0.2) is 14.8 Å². The molecule has 2 aromatic carbocycles. The monoisotopic (exact) mass is 425 g/mol. The number of methoxy groups -OCH3 is 4. The number of rotatable bonds is 8. The van der Waals surface area contributed by atoms with Crippen molar-refractivity contribution >= 4 is 29.0 Å². The van der Waals surface area contributed by atoms with Gasteiger partial charge in [-0.3, -0.25) is 5.32 Å². The Balaban J connectivity index is 1.72. The van der Waals surface area contributed by atoms with Crippen LogP contribution >= 0.6 is 0 Å². The van der Waals surface area contributed by atoms with E-state index in [1.165, 1.54) is 13.4 Å². The van der Waals surface area contributed by atoms with Crippen LogP contribution in [0.3, 0.4) is 0 Å². The predicted octanol–water partition coefficient (Wildman–Crippen LogP) is 3.90. The molecule has 1 heterocycles. The SMILES string of the molecule is COc1cc(Nc2cc(NC(=O)Nc3cc(OC)ccc3OC)ncn2)cc(OC)c1. The van der Waals surface area contributed by atoms with E-state index in [2.05, 4.69) is 25.9 Å². The molecule has 0 aliphatic rings. The van der Waals surface area contributed by atoms with E-state index in [0.29, 0.717) is 46.0 Å². The Morgan fingerprint density at radius 1 is 0.742 bits per heavy atom. The lowest BCUT2D eigenvalue weighted by Crippen LogP contribution is -2.20. The highest BCUT2D eigenvalue weighted by Crippen LogP contribution is 2.29. The van der Waals surface area contributed by atoms with Crippen LogP contribution in [0.2, 0.25) is 0 Å². The summed E-state index contributed by atoms with van der Waals surface area (Å²) in [6.07, 6.45) is 1.33. The maximum Gasteiger partial charge on any atom is 0.324 e. The molecule has 0 aliphatic carbocycles. The Morgan fingerprint density at radius 2 is 1.42 bits per heavy atom. The van der Waals surface area contributed by atoms with Crippen molar-refractivity contribution in [2.45, 2.75) is 0 Å². The van der Waals surface area contributed by atoms with Crippen LogP contribution in [-0.2, 0) is 0 Å². The van der Waals surface area contributed by atoms with E-state index < -0.39 is 6.03 Å². The van der Waals surface area contributed by atoms with Gasteiger partial charge in [0.25, 0.3) is 0 Å². The van der Waals surface area contributed by atoms with E-state index >= 15 is 0 Å². The highest BCUT2D eigenvalue weighted by molar-refractivity contribution is 6.00. The fourth-order valence-corrected chi connectivity index (χ4v) is 2.70. The number of aromatic nitrogens is 2. The molecule has 2 amide bonds. The third-order valence-electron chi connectivity index (χ3n) is 4.19. The van der Waals surface area contributed by atoms with Gasteiger partial charge in [-0.2, -0.15) is 0 Å². The largest absolute Gasteiger partial charge is 0.497 e. The molecule has 0 radical (unpaired) electrons. The number of carbonyl (C=O) groups excluding carboxylic acids is 1. The number of carbonyl (C=O) groups is 1. The van der Waals surface area contributed by atoms with Crippen LogP contribution in [-0.4, -0.2) is 44.4 Å². The average molecular weight is 425 g/mol. The first-order valence-electron chi connectivity index (χ1n) is 9.16. The van der Waals surface area contributed by atoms with Crippen molar-refractivity contribution in [1.82, 2.24) is 9.97 Å². The summed E-state index contributed by atoms with van der Waals surface area (Å²) in [6.45, 7) is 0. The molecule has 1 aromatic heterocycles. The Hall–Kier alpha value is -4.21. The number of hydrogen-bond donors (Lipinski definition) is 3. The molecule has 0 fully saturated rings. The maximum atomic E-state index is 12.5. The lowest BCUT2D eigenvalue weighted by atomic mass is 10.2. The van der Waals surface area contributed by atoms with Crippen LogP contribution in [0.25, 0.3) is 0 Å². The number of amides is 2. The van der Waals surface area contributed by atoms with E-state index in [-0.39, 0.29) is 0 Å².